The van der Waals surface area contributed by atoms with Crippen LogP contribution in [0.15, 0.2) is 30.7 Å². The van der Waals surface area contributed by atoms with Crippen molar-refractivity contribution in [3.05, 3.63) is 53.6 Å². The van der Waals surface area contributed by atoms with E-state index in [1.165, 1.54) is 18.2 Å². The molecule has 100 valence electrons. The first-order valence-corrected chi connectivity index (χ1v) is 6.29. The Morgan fingerprint density at radius 3 is 2.63 bits per heavy atom. The first-order valence-electron chi connectivity index (χ1n) is 6.29. The van der Waals surface area contributed by atoms with E-state index in [0.717, 1.165) is 12.8 Å². The van der Waals surface area contributed by atoms with Crippen LogP contribution in [-0.2, 0) is 6.42 Å². The monoisotopic (exact) mass is 264 g/mol. The van der Waals surface area contributed by atoms with Crippen molar-refractivity contribution in [2.45, 2.75) is 31.4 Å². The molecule has 5 heteroatoms. The van der Waals surface area contributed by atoms with Crippen molar-refractivity contribution in [2.75, 3.05) is 0 Å². The van der Waals surface area contributed by atoms with Crippen molar-refractivity contribution in [3.63, 3.8) is 0 Å². The number of aliphatic hydroxyl groups is 1. The molecule has 0 spiro atoms. The summed E-state index contributed by atoms with van der Waals surface area (Å²) in [5.74, 6) is -1.26. The maximum atomic E-state index is 13.6. The highest BCUT2D eigenvalue weighted by Crippen LogP contribution is 2.37. The molecule has 3 nitrogen and oxygen atoms in total. The number of hydrogen-bond donors (Lipinski definition) is 1. The largest absolute Gasteiger partial charge is 0.386 e. The zero-order chi connectivity index (χ0) is 13.4. The van der Waals surface area contributed by atoms with Gasteiger partial charge in [-0.1, -0.05) is 6.07 Å². The molecule has 1 heterocycles. The van der Waals surface area contributed by atoms with Crippen LogP contribution >= 0.6 is 0 Å². The van der Waals surface area contributed by atoms with Gasteiger partial charge < -0.3 is 9.67 Å². The predicted molar refractivity (Wildman–Crippen MR) is 65.5 cm³/mol. The summed E-state index contributed by atoms with van der Waals surface area (Å²) in [7, 11) is 0. The van der Waals surface area contributed by atoms with Crippen molar-refractivity contribution >= 4 is 0 Å². The molecule has 3 rings (SSSR count). The van der Waals surface area contributed by atoms with E-state index >= 15 is 0 Å². The topological polar surface area (TPSA) is 38.1 Å². The molecule has 1 saturated carbocycles. The average molecular weight is 264 g/mol. The Bertz CT molecular complexity index is 573. The third-order valence-corrected chi connectivity index (χ3v) is 3.44. The van der Waals surface area contributed by atoms with Crippen LogP contribution in [0.5, 0.6) is 0 Å². The molecule has 1 aromatic carbocycles. The molecule has 0 bridgehead atoms. The van der Waals surface area contributed by atoms with Crippen LogP contribution in [0.4, 0.5) is 8.78 Å². The molecule has 1 aliphatic carbocycles. The summed E-state index contributed by atoms with van der Waals surface area (Å²) in [6, 6.07) is 4.08. The van der Waals surface area contributed by atoms with Crippen molar-refractivity contribution in [1.82, 2.24) is 9.55 Å². The molecule has 1 unspecified atom stereocenters. The van der Waals surface area contributed by atoms with E-state index in [2.05, 4.69) is 4.98 Å². The normalized spacial score (nSPS) is 16.6. The maximum Gasteiger partial charge on any atom is 0.129 e. The molecule has 2 aromatic rings. The minimum Gasteiger partial charge on any atom is -0.386 e. The summed E-state index contributed by atoms with van der Waals surface area (Å²) in [5, 5.41) is 10.2. The van der Waals surface area contributed by atoms with E-state index in [4.69, 9.17) is 0 Å². The van der Waals surface area contributed by atoms with E-state index in [-0.39, 0.29) is 12.0 Å². The molecular formula is C14H14F2N2O. The van der Waals surface area contributed by atoms with E-state index < -0.39 is 17.7 Å². The molecular weight excluding hydrogens is 250 g/mol. The van der Waals surface area contributed by atoms with Gasteiger partial charge in [-0.25, -0.2) is 13.8 Å². The molecule has 0 radical (unpaired) electrons. The van der Waals surface area contributed by atoms with E-state index in [1.807, 2.05) is 4.57 Å². The second-order valence-corrected chi connectivity index (χ2v) is 4.88. The Morgan fingerprint density at radius 1 is 1.32 bits per heavy atom. The van der Waals surface area contributed by atoms with Crippen LogP contribution in [0.3, 0.4) is 0 Å². The molecule has 0 aliphatic heterocycles. The fourth-order valence-corrected chi connectivity index (χ4v) is 2.26. The quantitative estimate of drug-likeness (QED) is 0.922. The molecule has 0 amide bonds. The van der Waals surface area contributed by atoms with E-state index in [0.29, 0.717) is 11.7 Å². The zero-order valence-electron chi connectivity index (χ0n) is 10.3. The second kappa shape index (κ2) is 4.74. The molecule has 1 aliphatic rings. The smallest absolute Gasteiger partial charge is 0.129 e. The summed E-state index contributed by atoms with van der Waals surface area (Å²) in [5.41, 5.74) is 0.531. The maximum absolute atomic E-state index is 13.6. The summed E-state index contributed by atoms with van der Waals surface area (Å²) >= 11 is 0. The molecule has 19 heavy (non-hydrogen) atoms. The fraction of sp³-hybridized carbons (Fsp3) is 0.357. The third kappa shape index (κ3) is 2.38. The molecule has 1 aromatic heterocycles. The van der Waals surface area contributed by atoms with Crippen LogP contribution in [0.2, 0.25) is 0 Å². The summed E-state index contributed by atoms with van der Waals surface area (Å²) < 4.78 is 29.0. The van der Waals surface area contributed by atoms with Crippen LogP contribution in [0.25, 0.3) is 0 Å². The highest BCUT2D eigenvalue weighted by Gasteiger charge is 2.28. The van der Waals surface area contributed by atoms with Gasteiger partial charge in [0.1, 0.15) is 11.6 Å². The summed E-state index contributed by atoms with van der Waals surface area (Å²) in [4.78, 5) is 4.01. The number of benzene rings is 1. The number of nitrogens with zero attached hydrogens (tertiary/aromatic N) is 2. The van der Waals surface area contributed by atoms with Gasteiger partial charge in [-0.15, -0.1) is 0 Å². The zero-order valence-corrected chi connectivity index (χ0v) is 10.3. The predicted octanol–water partition coefficient (Wildman–Crippen LogP) is 2.77. The van der Waals surface area contributed by atoms with Crippen LogP contribution in [-0.4, -0.2) is 14.7 Å². The van der Waals surface area contributed by atoms with Crippen LogP contribution in [0, 0.1) is 11.6 Å². The summed E-state index contributed by atoms with van der Waals surface area (Å²) in [6.45, 7) is 0. The van der Waals surface area contributed by atoms with Gasteiger partial charge >= 0.3 is 0 Å². The van der Waals surface area contributed by atoms with Crippen molar-refractivity contribution < 1.29 is 13.9 Å². The van der Waals surface area contributed by atoms with Crippen LogP contribution < -0.4 is 0 Å². The number of rotatable bonds is 4. The minimum absolute atomic E-state index is 0.0847. The Kier molecular flexibility index (Phi) is 3.06. The summed E-state index contributed by atoms with van der Waals surface area (Å²) in [6.07, 6.45) is 4.30. The molecule has 1 fully saturated rings. The first-order chi connectivity index (χ1) is 9.16. The van der Waals surface area contributed by atoms with E-state index in [9.17, 15) is 13.9 Å². The van der Waals surface area contributed by atoms with Crippen molar-refractivity contribution in [1.29, 1.82) is 0 Å². The van der Waals surface area contributed by atoms with Crippen molar-refractivity contribution in [2.24, 2.45) is 0 Å². The Morgan fingerprint density at radius 2 is 2.00 bits per heavy atom. The molecule has 1 N–H and O–H groups in total. The molecule has 1 atom stereocenters. The number of hydrogen-bond acceptors (Lipinski definition) is 2. The van der Waals surface area contributed by atoms with E-state index in [1.54, 1.807) is 12.5 Å². The third-order valence-electron chi connectivity index (χ3n) is 3.44. The molecule has 0 saturated heterocycles. The van der Waals surface area contributed by atoms with Crippen molar-refractivity contribution in [3.8, 4) is 0 Å². The van der Waals surface area contributed by atoms with Gasteiger partial charge in [-0.05, 0) is 25.0 Å². The number of aromatic nitrogens is 2. The lowest BCUT2D eigenvalue weighted by molar-refractivity contribution is 0.166. The lowest BCUT2D eigenvalue weighted by Gasteiger charge is -2.14. The van der Waals surface area contributed by atoms with Gasteiger partial charge in [0.2, 0.25) is 0 Å². The van der Waals surface area contributed by atoms with Gasteiger partial charge in [0.05, 0.1) is 24.3 Å². The Balaban J connectivity index is 1.84. The highest BCUT2D eigenvalue weighted by molar-refractivity contribution is 5.22. The fourth-order valence-electron chi connectivity index (χ4n) is 2.26. The second-order valence-electron chi connectivity index (χ2n) is 4.88. The van der Waals surface area contributed by atoms with Gasteiger partial charge in [0.15, 0.2) is 0 Å². The lowest BCUT2D eigenvalue weighted by Crippen LogP contribution is -2.10. The number of imidazole rings is 1. The van der Waals surface area contributed by atoms with Gasteiger partial charge in [0.25, 0.3) is 0 Å². The first kappa shape index (κ1) is 12.3. The lowest BCUT2D eigenvalue weighted by atomic mass is 10.0. The van der Waals surface area contributed by atoms with Crippen LogP contribution in [0.1, 0.15) is 36.2 Å². The van der Waals surface area contributed by atoms with Gasteiger partial charge in [0, 0.05) is 18.0 Å². The Hall–Kier alpha value is -1.75. The Labute approximate surface area is 109 Å². The number of aliphatic hydroxyl groups excluding tert-OH is 1. The standard InChI is InChI=1S/C14H14F2N2O/c15-11-2-1-3-12(16)10(11)6-14(19)13-7-17-8-18(13)9-4-5-9/h1-3,7-9,14,19H,4-6H2. The minimum atomic E-state index is -0.950. The van der Waals surface area contributed by atoms with Gasteiger partial charge in [-0.2, -0.15) is 0 Å². The SMILES string of the molecule is OC(Cc1c(F)cccc1F)c1cncn1C1CC1. The number of halogens is 2. The average Bonchev–Trinajstić information content (AvgIpc) is 3.11. The highest BCUT2D eigenvalue weighted by atomic mass is 19.1. The van der Waals surface area contributed by atoms with Gasteiger partial charge in [-0.3, -0.25) is 0 Å².